The minimum atomic E-state index is -0.450. The van der Waals surface area contributed by atoms with Crippen molar-refractivity contribution < 1.29 is 9.53 Å². The molecule has 1 aromatic rings. The smallest absolute Gasteiger partial charge is 0.308 e. The summed E-state index contributed by atoms with van der Waals surface area (Å²) >= 11 is 6.35. The average Bonchev–Trinajstić information content (AvgIpc) is 2.40. The minimum absolute atomic E-state index is 0.193. The number of hydrogen-bond donors (Lipinski definition) is 0. The molecule has 0 aliphatic rings. The number of hydrogen-bond acceptors (Lipinski definition) is 3. The molecule has 0 spiro atoms. The van der Waals surface area contributed by atoms with E-state index < -0.39 is 5.54 Å². The monoisotopic (exact) mass is 297 g/mol. The molecular weight excluding hydrogens is 274 g/mol. The second-order valence-corrected chi connectivity index (χ2v) is 5.31. The lowest BCUT2D eigenvalue weighted by atomic mass is 9.86. The molecule has 1 rings (SSSR count). The Morgan fingerprint density at radius 2 is 1.85 bits per heavy atom. The van der Waals surface area contributed by atoms with Crippen molar-refractivity contribution in [3.05, 3.63) is 34.9 Å². The predicted molar refractivity (Wildman–Crippen MR) is 83.0 cm³/mol. The molecule has 0 aliphatic carbocycles. The van der Waals surface area contributed by atoms with Crippen molar-refractivity contribution in [2.45, 2.75) is 39.7 Å². The molecule has 0 bridgehead atoms. The van der Waals surface area contributed by atoms with Crippen LogP contribution in [0.1, 0.15) is 39.7 Å². The average molecular weight is 298 g/mol. The molecule has 1 aromatic carbocycles. The van der Waals surface area contributed by atoms with Crippen LogP contribution in [-0.4, -0.2) is 30.6 Å². The summed E-state index contributed by atoms with van der Waals surface area (Å²) in [4.78, 5) is 14.2. The summed E-state index contributed by atoms with van der Waals surface area (Å²) in [6.45, 7) is 10.1. The van der Waals surface area contributed by atoms with E-state index in [1.54, 1.807) is 0 Å². The molecule has 1 unspecified atom stereocenters. The molecule has 0 N–H and O–H groups in total. The summed E-state index contributed by atoms with van der Waals surface area (Å²) < 4.78 is 5.13. The lowest BCUT2D eigenvalue weighted by molar-refractivity contribution is -0.146. The van der Waals surface area contributed by atoms with Crippen molar-refractivity contribution in [1.82, 2.24) is 4.90 Å². The van der Waals surface area contributed by atoms with E-state index in [4.69, 9.17) is 16.3 Å². The van der Waals surface area contributed by atoms with Crippen molar-refractivity contribution in [2.75, 3.05) is 19.7 Å². The minimum Gasteiger partial charge on any atom is -0.466 e. The SMILES string of the molecule is CCOC(=O)CC(C)(c1ccccc1Cl)N(CC)CC. The first-order chi connectivity index (χ1) is 9.49. The summed E-state index contributed by atoms with van der Waals surface area (Å²) in [5, 5.41) is 0.686. The molecule has 0 radical (unpaired) electrons. The van der Waals surface area contributed by atoms with Crippen LogP contribution < -0.4 is 0 Å². The van der Waals surface area contributed by atoms with Crippen LogP contribution >= 0.6 is 11.6 Å². The number of carbonyl (C=O) groups excluding carboxylic acids is 1. The Balaban J connectivity index is 3.20. The van der Waals surface area contributed by atoms with Gasteiger partial charge in [0.1, 0.15) is 0 Å². The maximum atomic E-state index is 12.0. The second kappa shape index (κ2) is 7.65. The van der Waals surface area contributed by atoms with Crippen LogP contribution in [0.15, 0.2) is 24.3 Å². The zero-order valence-corrected chi connectivity index (χ0v) is 13.5. The van der Waals surface area contributed by atoms with Gasteiger partial charge in [0.2, 0.25) is 0 Å². The first-order valence-corrected chi connectivity index (χ1v) is 7.53. The highest BCUT2D eigenvalue weighted by atomic mass is 35.5. The van der Waals surface area contributed by atoms with Crippen LogP contribution in [0, 0.1) is 0 Å². The Labute approximate surface area is 126 Å². The maximum absolute atomic E-state index is 12.0. The van der Waals surface area contributed by atoms with Gasteiger partial charge in [-0.15, -0.1) is 0 Å². The van der Waals surface area contributed by atoms with Crippen molar-refractivity contribution in [3.8, 4) is 0 Å². The molecule has 0 aliphatic heterocycles. The van der Waals surface area contributed by atoms with Gasteiger partial charge in [0.25, 0.3) is 0 Å². The first kappa shape index (κ1) is 17.0. The fourth-order valence-corrected chi connectivity index (χ4v) is 3.03. The third kappa shape index (κ3) is 3.74. The lowest BCUT2D eigenvalue weighted by Gasteiger charge is -2.40. The molecule has 0 heterocycles. The third-order valence-electron chi connectivity index (χ3n) is 3.71. The Hall–Kier alpha value is -1.06. The van der Waals surface area contributed by atoms with Crippen molar-refractivity contribution in [3.63, 3.8) is 0 Å². The highest BCUT2D eigenvalue weighted by Gasteiger charge is 2.36. The van der Waals surface area contributed by atoms with Crippen LogP contribution in [0.3, 0.4) is 0 Å². The van der Waals surface area contributed by atoms with Gasteiger partial charge in [0, 0.05) is 5.02 Å². The maximum Gasteiger partial charge on any atom is 0.308 e. The highest BCUT2D eigenvalue weighted by molar-refractivity contribution is 6.31. The molecular formula is C16H24ClNO2. The van der Waals surface area contributed by atoms with Gasteiger partial charge >= 0.3 is 5.97 Å². The number of nitrogens with zero attached hydrogens (tertiary/aromatic N) is 1. The molecule has 112 valence electrons. The summed E-state index contributed by atoms with van der Waals surface area (Å²) in [6, 6.07) is 7.70. The standard InChI is InChI=1S/C16H24ClNO2/c1-5-18(6-2)16(4,12-15(19)20-7-3)13-10-8-9-11-14(13)17/h8-11H,5-7,12H2,1-4H3. The van der Waals surface area contributed by atoms with E-state index in [0.717, 1.165) is 18.7 Å². The van der Waals surface area contributed by atoms with Crippen molar-refractivity contribution >= 4 is 17.6 Å². The van der Waals surface area contributed by atoms with Crippen LogP contribution in [0.5, 0.6) is 0 Å². The summed E-state index contributed by atoms with van der Waals surface area (Å²) in [5.74, 6) is -0.193. The molecule has 1 atom stereocenters. The lowest BCUT2D eigenvalue weighted by Crippen LogP contribution is -2.45. The number of rotatable bonds is 7. The van der Waals surface area contributed by atoms with E-state index in [2.05, 4.69) is 25.7 Å². The van der Waals surface area contributed by atoms with Gasteiger partial charge in [0.15, 0.2) is 0 Å². The Kier molecular flexibility index (Phi) is 6.50. The zero-order chi connectivity index (χ0) is 15.2. The Bertz CT molecular complexity index is 446. The van der Waals surface area contributed by atoms with E-state index in [0.29, 0.717) is 18.1 Å². The number of carbonyl (C=O) groups is 1. The molecule has 3 nitrogen and oxygen atoms in total. The van der Waals surface area contributed by atoms with E-state index in [1.165, 1.54) is 0 Å². The van der Waals surface area contributed by atoms with E-state index >= 15 is 0 Å². The molecule has 20 heavy (non-hydrogen) atoms. The van der Waals surface area contributed by atoms with Gasteiger partial charge in [-0.3, -0.25) is 9.69 Å². The first-order valence-electron chi connectivity index (χ1n) is 7.15. The Morgan fingerprint density at radius 1 is 1.25 bits per heavy atom. The number of benzene rings is 1. The fourth-order valence-electron chi connectivity index (χ4n) is 2.69. The quantitative estimate of drug-likeness (QED) is 0.716. The van der Waals surface area contributed by atoms with Crippen LogP contribution in [0.25, 0.3) is 0 Å². The molecule has 0 amide bonds. The van der Waals surface area contributed by atoms with Gasteiger partial charge < -0.3 is 4.74 Å². The molecule has 0 aromatic heterocycles. The number of esters is 1. The van der Waals surface area contributed by atoms with E-state index in [9.17, 15) is 4.79 Å². The van der Waals surface area contributed by atoms with E-state index in [1.807, 2.05) is 31.2 Å². The zero-order valence-electron chi connectivity index (χ0n) is 12.8. The topological polar surface area (TPSA) is 29.5 Å². The van der Waals surface area contributed by atoms with Crippen LogP contribution in [0.4, 0.5) is 0 Å². The van der Waals surface area contributed by atoms with Crippen molar-refractivity contribution in [2.24, 2.45) is 0 Å². The Morgan fingerprint density at radius 3 is 2.35 bits per heavy atom. The van der Waals surface area contributed by atoms with Gasteiger partial charge in [-0.25, -0.2) is 0 Å². The molecule has 0 fully saturated rings. The predicted octanol–water partition coefficient (Wildman–Crippen LogP) is 3.85. The summed E-state index contributed by atoms with van der Waals surface area (Å²) in [7, 11) is 0. The largest absolute Gasteiger partial charge is 0.466 e. The third-order valence-corrected chi connectivity index (χ3v) is 4.04. The van der Waals surface area contributed by atoms with Gasteiger partial charge in [-0.05, 0) is 38.6 Å². The molecule has 0 saturated heterocycles. The van der Waals surface area contributed by atoms with Crippen LogP contribution in [-0.2, 0) is 15.1 Å². The van der Waals surface area contributed by atoms with E-state index in [-0.39, 0.29) is 5.97 Å². The number of ether oxygens (including phenoxy) is 1. The fraction of sp³-hybridized carbons (Fsp3) is 0.562. The molecule has 0 saturated carbocycles. The van der Waals surface area contributed by atoms with Gasteiger partial charge in [-0.2, -0.15) is 0 Å². The molecule has 4 heteroatoms. The summed E-state index contributed by atoms with van der Waals surface area (Å²) in [6.07, 6.45) is 0.298. The number of halogens is 1. The van der Waals surface area contributed by atoms with Crippen molar-refractivity contribution in [1.29, 1.82) is 0 Å². The van der Waals surface area contributed by atoms with Gasteiger partial charge in [-0.1, -0.05) is 43.6 Å². The second-order valence-electron chi connectivity index (χ2n) is 4.91. The normalized spacial score (nSPS) is 14.1. The van der Waals surface area contributed by atoms with Gasteiger partial charge in [0.05, 0.1) is 18.6 Å². The van der Waals surface area contributed by atoms with Crippen LogP contribution in [0.2, 0.25) is 5.02 Å². The highest BCUT2D eigenvalue weighted by Crippen LogP contribution is 2.36. The summed E-state index contributed by atoms with van der Waals surface area (Å²) in [5.41, 5.74) is 0.520.